The van der Waals surface area contributed by atoms with Gasteiger partial charge < -0.3 is 11.1 Å². The lowest BCUT2D eigenvalue weighted by molar-refractivity contribution is 0.356. The molecule has 0 aromatic carbocycles. The number of hydrogen-bond donors (Lipinski definition) is 2. The first-order valence-electron chi connectivity index (χ1n) is 11.2. The Bertz CT molecular complexity index is 1190. The molecule has 9 heteroatoms. The summed E-state index contributed by atoms with van der Waals surface area (Å²) in [5, 5.41) is 8.32. The quantitative estimate of drug-likeness (QED) is 0.368. The summed E-state index contributed by atoms with van der Waals surface area (Å²) in [5.74, 6) is 1.90. The molecule has 2 fully saturated rings. The largest absolute Gasteiger partial charge is 0.383 e. The van der Waals surface area contributed by atoms with Gasteiger partial charge in [0, 0.05) is 52.2 Å². The zero-order valence-corrected chi connectivity index (χ0v) is 20.6. The van der Waals surface area contributed by atoms with Gasteiger partial charge in [0.2, 0.25) is 0 Å². The van der Waals surface area contributed by atoms with Crippen molar-refractivity contribution in [3.05, 3.63) is 47.0 Å². The van der Waals surface area contributed by atoms with Crippen LogP contribution in [0.25, 0.3) is 16.8 Å². The van der Waals surface area contributed by atoms with Crippen molar-refractivity contribution in [1.29, 1.82) is 0 Å². The summed E-state index contributed by atoms with van der Waals surface area (Å²) in [6.45, 7) is 5.53. The predicted molar refractivity (Wildman–Crippen MR) is 139 cm³/mol. The highest BCUT2D eigenvalue weighted by Crippen LogP contribution is 2.42. The second-order valence-corrected chi connectivity index (χ2v) is 10.8. The number of fused-ring (bicyclic) bond motifs is 3. The summed E-state index contributed by atoms with van der Waals surface area (Å²) in [6.07, 6.45) is 12.4. The first-order chi connectivity index (χ1) is 16.1. The molecule has 5 heterocycles. The molecule has 2 aliphatic rings. The molecule has 172 valence electrons. The van der Waals surface area contributed by atoms with Crippen molar-refractivity contribution >= 4 is 41.7 Å². The van der Waals surface area contributed by atoms with Crippen LogP contribution in [0.2, 0.25) is 0 Å². The standard InChI is InChI=1S/C24H29N7S2/c1-14(10-26-2)33-13-19-5-4-15(11-27-19)20-12-28-31-23(25)22(32-3)21(30-24(20)31)16-8-17-6-7-18(9-16)29-17/h4-5,10-12,16-18,29H,2,6-9,13,25H2,1,3H3/b14-10-. The number of anilines is 1. The number of allylic oxidation sites excluding steroid dienone is 1. The van der Waals surface area contributed by atoms with Gasteiger partial charge in [-0.15, -0.1) is 23.5 Å². The maximum atomic E-state index is 6.62. The van der Waals surface area contributed by atoms with Crippen LogP contribution in [0.15, 0.2) is 45.5 Å². The molecule has 2 saturated heterocycles. The van der Waals surface area contributed by atoms with Crippen LogP contribution in [-0.4, -0.2) is 44.6 Å². The fourth-order valence-corrected chi connectivity index (χ4v) is 6.42. The van der Waals surface area contributed by atoms with Crippen molar-refractivity contribution in [2.75, 3.05) is 12.0 Å². The Balaban J connectivity index is 1.47. The number of hydrogen-bond acceptors (Lipinski definition) is 8. The Kier molecular flexibility index (Phi) is 6.44. The van der Waals surface area contributed by atoms with E-state index in [9.17, 15) is 0 Å². The highest BCUT2D eigenvalue weighted by molar-refractivity contribution is 8.02. The predicted octanol–water partition coefficient (Wildman–Crippen LogP) is 4.89. The lowest BCUT2D eigenvalue weighted by Gasteiger charge is -2.30. The highest BCUT2D eigenvalue weighted by atomic mass is 32.2. The molecular formula is C24H29N7S2. The number of piperidine rings is 1. The molecule has 3 aromatic heterocycles. The molecule has 3 N–H and O–H groups in total. The van der Waals surface area contributed by atoms with Crippen LogP contribution in [0.1, 0.15) is 49.9 Å². The molecule has 2 bridgehead atoms. The van der Waals surface area contributed by atoms with Crippen LogP contribution in [0.5, 0.6) is 0 Å². The molecule has 3 aromatic rings. The summed E-state index contributed by atoms with van der Waals surface area (Å²) in [7, 11) is 0. The molecule has 2 unspecified atom stereocenters. The van der Waals surface area contributed by atoms with E-state index in [-0.39, 0.29) is 0 Å². The molecule has 2 aliphatic heterocycles. The Morgan fingerprint density at radius 1 is 1.30 bits per heavy atom. The number of rotatable bonds is 7. The van der Waals surface area contributed by atoms with E-state index in [1.165, 1.54) is 12.8 Å². The molecule has 0 aliphatic carbocycles. The maximum absolute atomic E-state index is 6.62. The fourth-order valence-electron chi connectivity index (χ4n) is 5.01. The van der Waals surface area contributed by atoms with Gasteiger partial charge in [0.05, 0.1) is 22.5 Å². The van der Waals surface area contributed by atoms with Crippen LogP contribution in [-0.2, 0) is 5.75 Å². The Hall–Kier alpha value is -2.36. The minimum atomic E-state index is 0.431. The zero-order chi connectivity index (χ0) is 22.9. The molecule has 33 heavy (non-hydrogen) atoms. The van der Waals surface area contributed by atoms with Crippen molar-refractivity contribution in [2.24, 2.45) is 4.99 Å². The molecule has 0 spiro atoms. The van der Waals surface area contributed by atoms with Gasteiger partial charge in [-0.3, -0.25) is 9.98 Å². The molecular weight excluding hydrogens is 450 g/mol. The van der Waals surface area contributed by atoms with Crippen molar-refractivity contribution in [3.63, 3.8) is 0 Å². The van der Waals surface area contributed by atoms with Gasteiger partial charge in [0.1, 0.15) is 5.82 Å². The first-order valence-corrected chi connectivity index (χ1v) is 13.5. The Labute approximate surface area is 202 Å². The van der Waals surface area contributed by atoms with E-state index in [4.69, 9.17) is 10.7 Å². The number of nitrogen functional groups attached to an aromatic ring is 1. The number of nitrogens with zero attached hydrogens (tertiary/aromatic N) is 5. The normalized spacial score (nSPS) is 22.7. The second kappa shape index (κ2) is 9.48. The van der Waals surface area contributed by atoms with Crippen molar-refractivity contribution in [3.8, 4) is 11.1 Å². The van der Waals surface area contributed by atoms with E-state index < -0.39 is 0 Å². The molecule has 0 amide bonds. The number of thioether (sulfide) groups is 2. The SMILES string of the molecule is C=N/C=C(/C)SCc1ccc(-c2cnn3c(N)c(SC)c(C4CC5CCC(C4)N5)nc23)cn1. The smallest absolute Gasteiger partial charge is 0.165 e. The fraction of sp³-hybridized carbons (Fsp3) is 0.417. The van der Waals surface area contributed by atoms with Gasteiger partial charge in [0.25, 0.3) is 0 Å². The van der Waals surface area contributed by atoms with Gasteiger partial charge in [-0.25, -0.2) is 4.98 Å². The average molecular weight is 480 g/mol. The summed E-state index contributed by atoms with van der Waals surface area (Å²) >= 11 is 3.37. The Morgan fingerprint density at radius 2 is 2.09 bits per heavy atom. The van der Waals surface area contributed by atoms with Crippen LogP contribution >= 0.6 is 23.5 Å². The van der Waals surface area contributed by atoms with E-state index in [0.717, 1.165) is 56.6 Å². The summed E-state index contributed by atoms with van der Waals surface area (Å²) in [6, 6.07) is 5.35. The van der Waals surface area contributed by atoms with Crippen LogP contribution < -0.4 is 11.1 Å². The van der Waals surface area contributed by atoms with E-state index in [2.05, 4.69) is 45.5 Å². The first kappa shape index (κ1) is 22.4. The Morgan fingerprint density at radius 3 is 2.76 bits per heavy atom. The maximum Gasteiger partial charge on any atom is 0.165 e. The van der Waals surface area contributed by atoms with Gasteiger partial charge in [-0.1, -0.05) is 6.07 Å². The van der Waals surface area contributed by atoms with E-state index in [1.54, 1.807) is 34.2 Å². The summed E-state index contributed by atoms with van der Waals surface area (Å²) < 4.78 is 1.78. The molecule has 0 radical (unpaired) electrons. The summed E-state index contributed by atoms with van der Waals surface area (Å²) in [5.41, 5.74) is 11.5. The third-order valence-electron chi connectivity index (χ3n) is 6.58. The third-order valence-corrected chi connectivity index (χ3v) is 8.41. The number of aliphatic imine (C=N–C) groups is 1. The minimum Gasteiger partial charge on any atom is -0.383 e. The highest BCUT2D eigenvalue weighted by Gasteiger charge is 2.36. The zero-order valence-electron chi connectivity index (χ0n) is 19.0. The molecule has 2 atom stereocenters. The second-order valence-electron chi connectivity index (χ2n) is 8.76. The molecule has 0 saturated carbocycles. The number of nitrogens with one attached hydrogen (secondary N) is 1. The van der Waals surface area contributed by atoms with Gasteiger partial charge in [-0.05, 0) is 51.6 Å². The lowest BCUT2D eigenvalue weighted by atomic mass is 9.89. The monoisotopic (exact) mass is 479 g/mol. The number of nitrogens with two attached hydrogens (primary N) is 1. The average Bonchev–Trinajstić information content (AvgIpc) is 3.40. The van der Waals surface area contributed by atoms with Gasteiger partial charge >= 0.3 is 0 Å². The van der Waals surface area contributed by atoms with Crippen LogP contribution in [0.3, 0.4) is 0 Å². The van der Waals surface area contributed by atoms with Gasteiger partial charge in [0.15, 0.2) is 5.65 Å². The molecule has 7 nitrogen and oxygen atoms in total. The van der Waals surface area contributed by atoms with Crippen molar-refractivity contribution in [2.45, 2.75) is 61.3 Å². The third kappa shape index (κ3) is 4.41. The van der Waals surface area contributed by atoms with E-state index in [1.807, 2.05) is 19.3 Å². The van der Waals surface area contributed by atoms with E-state index in [0.29, 0.717) is 23.8 Å². The van der Waals surface area contributed by atoms with Crippen molar-refractivity contribution < 1.29 is 0 Å². The summed E-state index contributed by atoms with van der Waals surface area (Å²) in [4.78, 5) is 15.8. The topological polar surface area (TPSA) is 93.5 Å². The minimum absolute atomic E-state index is 0.431. The van der Waals surface area contributed by atoms with E-state index >= 15 is 0 Å². The van der Waals surface area contributed by atoms with Crippen LogP contribution in [0.4, 0.5) is 5.82 Å². The lowest BCUT2D eigenvalue weighted by Crippen LogP contribution is -2.37. The van der Waals surface area contributed by atoms with Crippen molar-refractivity contribution in [1.82, 2.24) is 24.9 Å². The van der Waals surface area contributed by atoms with Gasteiger partial charge in [-0.2, -0.15) is 9.61 Å². The number of pyridine rings is 1. The number of aromatic nitrogens is 4. The van der Waals surface area contributed by atoms with Crippen LogP contribution in [0, 0.1) is 0 Å². The molecule has 5 rings (SSSR count).